The lowest BCUT2D eigenvalue weighted by Crippen LogP contribution is -2.24. The number of carbonyl (C=O) groups excluding carboxylic acids is 1. The van der Waals surface area contributed by atoms with E-state index in [9.17, 15) is 35.2 Å². The number of aryl methyl sites for hydroxylation is 2. The van der Waals surface area contributed by atoms with E-state index >= 15 is 8.78 Å². The highest BCUT2D eigenvalue weighted by atomic mass is 35.5. The third-order valence-corrected chi connectivity index (χ3v) is 11.5. The molecule has 0 N–H and O–H groups in total. The van der Waals surface area contributed by atoms with Crippen LogP contribution in [0.1, 0.15) is 58.6 Å². The summed E-state index contributed by atoms with van der Waals surface area (Å²) >= 11 is 6.64. The van der Waals surface area contributed by atoms with E-state index < -0.39 is 92.8 Å². The Bertz CT molecular complexity index is 2720. The van der Waals surface area contributed by atoms with Gasteiger partial charge in [0.2, 0.25) is 0 Å². The molecule has 4 aromatic heterocycles. The largest absolute Gasteiger partial charge is 0.435 e. The minimum atomic E-state index is -5.04. The summed E-state index contributed by atoms with van der Waals surface area (Å²) in [5.74, 6) is -10.1. The van der Waals surface area contributed by atoms with E-state index in [4.69, 9.17) is 16.6 Å². The molecule has 298 valence electrons. The van der Waals surface area contributed by atoms with Crippen LogP contribution in [0.5, 0.6) is 0 Å². The molecule has 4 heterocycles. The Labute approximate surface area is 325 Å². The average molecular weight is 834 g/mol. The van der Waals surface area contributed by atoms with E-state index in [-0.39, 0.29) is 34.8 Å². The molecule has 1 fully saturated rings. The first-order valence-electron chi connectivity index (χ1n) is 17.5. The second-order valence-electron chi connectivity index (χ2n) is 14.8. The molecule has 3 atom stereocenters. The number of halogens is 8. The van der Waals surface area contributed by atoms with Crippen LogP contribution in [0.2, 0.25) is 5.02 Å². The van der Waals surface area contributed by atoms with E-state index in [0.717, 1.165) is 18.4 Å². The fraction of sp³-hybridized carbons (Fsp3) is 0.342. The van der Waals surface area contributed by atoms with Crippen LogP contribution >= 0.6 is 11.6 Å². The maximum absolute atomic E-state index is 15.4. The first-order chi connectivity index (χ1) is 26.7. The van der Waals surface area contributed by atoms with Crippen LogP contribution in [0.4, 0.5) is 30.7 Å². The summed E-state index contributed by atoms with van der Waals surface area (Å²) in [7, 11) is -0.263. The van der Waals surface area contributed by atoms with Crippen molar-refractivity contribution in [3.05, 3.63) is 106 Å². The van der Waals surface area contributed by atoms with E-state index in [2.05, 4.69) is 15.2 Å². The molecule has 0 saturated heterocycles. The summed E-state index contributed by atoms with van der Waals surface area (Å²) in [6.45, 7) is -0.946. The van der Waals surface area contributed by atoms with Crippen molar-refractivity contribution in [2.45, 2.75) is 55.5 Å². The number of nitrogens with zero attached hydrogens (tertiary/aromatic N) is 7. The smallest absolute Gasteiger partial charge is 0.340 e. The normalized spacial score (nSPS) is 17.9. The zero-order valence-electron chi connectivity index (χ0n) is 30.3. The van der Waals surface area contributed by atoms with Gasteiger partial charge in [-0.2, -0.15) is 32.1 Å². The zero-order chi connectivity index (χ0) is 40.9. The SMILES string of the molecule is Cn1cnc(-c2ccc(-c3ccc(Cl)c4c(CS(C)(=O)=O)nn(C)c34)c([C@@H](CC(=O)Cn3nc(C(F)(F)F)c4c3C(F)(F)[C@@H]3C[C@H]43)Cc3cc(F)cc(F)c3)n2)c1. The number of sulfone groups is 1. The first-order valence-corrected chi connectivity index (χ1v) is 20.0. The number of pyridine rings is 1. The molecule has 1 saturated carbocycles. The topological polar surface area (TPSA) is 118 Å². The minimum absolute atomic E-state index is 0.101. The van der Waals surface area contributed by atoms with Gasteiger partial charge in [-0.1, -0.05) is 23.7 Å². The highest BCUT2D eigenvalue weighted by Gasteiger charge is 2.68. The van der Waals surface area contributed by atoms with Gasteiger partial charge in [0.05, 0.1) is 39.7 Å². The number of fused-ring (bicyclic) bond motifs is 4. The van der Waals surface area contributed by atoms with E-state index in [1.165, 1.54) is 17.1 Å². The fourth-order valence-corrected chi connectivity index (χ4v) is 9.06. The first kappa shape index (κ1) is 38.8. The van der Waals surface area contributed by atoms with Gasteiger partial charge in [0.15, 0.2) is 21.3 Å². The Kier molecular flexibility index (Phi) is 9.18. The van der Waals surface area contributed by atoms with Gasteiger partial charge in [-0.3, -0.25) is 19.1 Å². The fourth-order valence-electron chi connectivity index (χ4n) is 8.10. The molecule has 57 heavy (non-hydrogen) atoms. The van der Waals surface area contributed by atoms with Gasteiger partial charge in [0.25, 0.3) is 5.92 Å². The maximum atomic E-state index is 15.4. The Morgan fingerprint density at radius 1 is 1.02 bits per heavy atom. The molecule has 2 aliphatic rings. The Morgan fingerprint density at radius 3 is 2.37 bits per heavy atom. The standard InChI is InChI=1S/C38H31ClF7N7O3S/c1-51-15-29(47-17-51)28-7-5-23(24-4-6-27(39)32-30(16-57(3,55)56)49-52(2)34(24)32)33(48-28)19(8-18-9-20(40)12-21(41)10-18)11-22(54)14-53-36-31(35(50-53)38(44,45)46)25-13-26(25)37(36,42)43/h4-7,9-10,12,15,17,19,25-26H,8,11,13-14,16H2,1-3H3/t19-,25+,26-/m1/s1. The summed E-state index contributed by atoms with van der Waals surface area (Å²) in [4.78, 5) is 23.4. The van der Waals surface area contributed by atoms with Crippen molar-refractivity contribution in [1.29, 1.82) is 0 Å². The number of hydrogen-bond acceptors (Lipinski definition) is 7. The van der Waals surface area contributed by atoms with Crippen LogP contribution in [0.15, 0.2) is 55.0 Å². The van der Waals surface area contributed by atoms with Gasteiger partial charge in [0, 0.05) is 72.9 Å². The number of aromatic nitrogens is 7. The number of Topliss-reactive ketones (excluding diaryl/α,β-unsaturated/α-hetero) is 1. The molecule has 0 bridgehead atoms. The molecule has 0 radical (unpaired) electrons. The molecule has 0 aliphatic heterocycles. The lowest BCUT2D eigenvalue weighted by Gasteiger charge is -2.22. The van der Waals surface area contributed by atoms with Crippen molar-refractivity contribution in [3.63, 3.8) is 0 Å². The quantitative estimate of drug-likeness (QED) is 0.122. The van der Waals surface area contributed by atoms with Crippen LogP contribution in [-0.2, 0) is 59.5 Å². The monoisotopic (exact) mass is 833 g/mol. The lowest BCUT2D eigenvalue weighted by atomic mass is 9.86. The molecular formula is C38H31ClF7N7O3S. The van der Waals surface area contributed by atoms with Crippen LogP contribution in [0.25, 0.3) is 33.4 Å². The van der Waals surface area contributed by atoms with Crippen molar-refractivity contribution in [1.82, 2.24) is 34.1 Å². The molecule has 0 spiro atoms. The Hall–Kier alpha value is -5.10. The molecule has 0 amide bonds. The molecule has 8 rings (SSSR count). The number of benzene rings is 2. The predicted molar refractivity (Wildman–Crippen MR) is 194 cm³/mol. The number of carbonyl (C=O) groups is 1. The number of ketones is 1. The summed E-state index contributed by atoms with van der Waals surface area (Å²) in [6.07, 6.45) is -1.70. The minimum Gasteiger partial charge on any atom is -0.340 e. The highest BCUT2D eigenvalue weighted by Crippen LogP contribution is 2.68. The Morgan fingerprint density at radius 2 is 1.72 bits per heavy atom. The molecule has 0 unspecified atom stereocenters. The molecule has 19 heteroatoms. The van der Waals surface area contributed by atoms with Crippen LogP contribution < -0.4 is 0 Å². The van der Waals surface area contributed by atoms with Gasteiger partial charge in [-0.25, -0.2) is 22.2 Å². The summed E-state index contributed by atoms with van der Waals surface area (Å²) in [5.41, 5.74) is -0.606. The van der Waals surface area contributed by atoms with Gasteiger partial charge >= 0.3 is 6.18 Å². The predicted octanol–water partition coefficient (Wildman–Crippen LogP) is 7.92. The summed E-state index contributed by atoms with van der Waals surface area (Å²) in [6, 6.07) is 9.27. The van der Waals surface area contributed by atoms with Crippen molar-refractivity contribution in [2.24, 2.45) is 20.0 Å². The molecule has 2 aromatic carbocycles. The van der Waals surface area contributed by atoms with E-state index in [1.54, 1.807) is 43.1 Å². The van der Waals surface area contributed by atoms with Crippen molar-refractivity contribution in [2.75, 3.05) is 6.26 Å². The van der Waals surface area contributed by atoms with Gasteiger partial charge < -0.3 is 4.57 Å². The highest BCUT2D eigenvalue weighted by molar-refractivity contribution is 7.89. The van der Waals surface area contributed by atoms with E-state index in [0.29, 0.717) is 44.2 Å². The average Bonchev–Trinajstić information content (AvgIpc) is 3.32. The third-order valence-electron chi connectivity index (χ3n) is 10.4. The van der Waals surface area contributed by atoms with E-state index in [1.807, 2.05) is 0 Å². The number of alkyl halides is 5. The number of hydrogen-bond donors (Lipinski definition) is 0. The second kappa shape index (κ2) is 13.5. The van der Waals surface area contributed by atoms with Gasteiger partial charge in [-0.15, -0.1) is 0 Å². The lowest BCUT2D eigenvalue weighted by molar-refractivity contribution is -0.142. The summed E-state index contributed by atoms with van der Waals surface area (Å²) < 4.78 is 131. The molecule has 2 aliphatic carbocycles. The van der Waals surface area contributed by atoms with Crippen molar-refractivity contribution >= 4 is 38.1 Å². The Balaban J connectivity index is 1.29. The third kappa shape index (κ3) is 7.10. The number of rotatable bonds is 11. The van der Waals surface area contributed by atoms with Gasteiger partial charge in [-0.05, 0) is 48.6 Å². The zero-order valence-corrected chi connectivity index (χ0v) is 31.8. The number of imidazole rings is 1. The van der Waals surface area contributed by atoms with Crippen LogP contribution in [-0.4, -0.2) is 54.6 Å². The second-order valence-corrected chi connectivity index (χ2v) is 17.3. The molecular weight excluding hydrogens is 803 g/mol. The van der Waals surface area contributed by atoms with Gasteiger partial charge in [0.1, 0.15) is 29.6 Å². The van der Waals surface area contributed by atoms with Crippen molar-refractivity contribution in [3.8, 4) is 22.5 Å². The summed E-state index contributed by atoms with van der Waals surface area (Å²) in [5, 5.41) is 8.47. The van der Waals surface area contributed by atoms with Crippen molar-refractivity contribution < 1.29 is 43.9 Å². The molecule has 10 nitrogen and oxygen atoms in total. The maximum Gasteiger partial charge on any atom is 0.435 e. The van der Waals surface area contributed by atoms with Crippen LogP contribution in [0.3, 0.4) is 0 Å². The van der Waals surface area contributed by atoms with Crippen LogP contribution in [0, 0.1) is 17.6 Å². The molecule has 6 aromatic rings.